The van der Waals surface area contributed by atoms with E-state index in [2.05, 4.69) is 49.1 Å². The van der Waals surface area contributed by atoms with Crippen molar-refractivity contribution in [3.63, 3.8) is 0 Å². The molecule has 2 aliphatic rings. The van der Waals surface area contributed by atoms with Crippen LogP contribution >= 0.6 is 0 Å². The van der Waals surface area contributed by atoms with E-state index in [0.29, 0.717) is 32.0 Å². The molecule has 3 heterocycles. The van der Waals surface area contributed by atoms with Gasteiger partial charge in [-0.25, -0.2) is 4.98 Å². The molecule has 0 unspecified atom stereocenters. The van der Waals surface area contributed by atoms with Crippen molar-refractivity contribution < 1.29 is 22.6 Å². The van der Waals surface area contributed by atoms with Crippen LogP contribution in [0.3, 0.4) is 0 Å². The number of halogens is 3. The van der Waals surface area contributed by atoms with Crippen LogP contribution in [0.2, 0.25) is 0 Å². The number of aromatic nitrogens is 1. The predicted octanol–water partition coefficient (Wildman–Crippen LogP) is 5.57. The number of hydrogen-bond donors (Lipinski definition) is 1. The summed E-state index contributed by atoms with van der Waals surface area (Å²) in [6.07, 6.45) is -2.91. The van der Waals surface area contributed by atoms with E-state index in [1.165, 1.54) is 12.1 Å². The van der Waals surface area contributed by atoms with Crippen molar-refractivity contribution >= 4 is 22.9 Å². The lowest BCUT2D eigenvalue weighted by molar-refractivity contribution is -0.274. The Morgan fingerprint density at radius 3 is 2.53 bits per heavy atom. The van der Waals surface area contributed by atoms with Crippen molar-refractivity contribution in [1.29, 1.82) is 0 Å². The molecule has 9 heteroatoms. The van der Waals surface area contributed by atoms with Gasteiger partial charge in [0.05, 0.1) is 24.6 Å². The van der Waals surface area contributed by atoms with Gasteiger partial charge in [0.15, 0.2) is 0 Å². The molecular weight excluding hydrogens is 445 g/mol. The number of rotatable bonds is 4. The minimum absolute atomic E-state index is 0.242. The molecule has 0 atom stereocenters. The fourth-order valence-corrected chi connectivity index (χ4v) is 4.48. The van der Waals surface area contributed by atoms with Crippen LogP contribution in [-0.4, -0.2) is 44.2 Å². The lowest BCUT2D eigenvalue weighted by atomic mass is 10.0. The van der Waals surface area contributed by atoms with E-state index in [4.69, 9.17) is 4.74 Å². The van der Waals surface area contributed by atoms with Gasteiger partial charge < -0.3 is 24.6 Å². The van der Waals surface area contributed by atoms with E-state index >= 15 is 0 Å². The zero-order valence-corrected chi connectivity index (χ0v) is 18.7. The molecule has 178 valence electrons. The Balaban J connectivity index is 1.46. The molecule has 1 fully saturated rings. The summed E-state index contributed by atoms with van der Waals surface area (Å²) in [5, 5.41) is 3.29. The summed E-state index contributed by atoms with van der Waals surface area (Å²) in [4.78, 5) is 8.85. The second kappa shape index (κ2) is 9.06. The Bertz CT molecular complexity index is 1180. The topological polar surface area (TPSA) is 49.9 Å². The normalized spacial score (nSPS) is 15.8. The number of benzene rings is 2. The van der Waals surface area contributed by atoms with Gasteiger partial charge in [-0.15, -0.1) is 13.2 Å². The van der Waals surface area contributed by atoms with Gasteiger partial charge in [0.25, 0.3) is 0 Å². The molecule has 2 aliphatic heterocycles. The molecule has 1 aromatic heterocycles. The Morgan fingerprint density at radius 1 is 1.00 bits per heavy atom. The molecule has 1 N–H and O–H groups in total. The van der Waals surface area contributed by atoms with Crippen molar-refractivity contribution in [1.82, 2.24) is 4.98 Å². The SMILES string of the molecule is CCN1c2ccc(-c3ccnc(N4CCOCC4)c3)cc2CNc2cc(OC(F)(F)F)ccc21. The first kappa shape index (κ1) is 22.3. The van der Waals surface area contributed by atoms with Gasteiger partial charge in [0.2, 0.25) is 0 Å². The number of alkyl halides is 3. The molecule has 0 spiro atoms. The first-order valence-electron chi connectivity index (χ1n) is 11.2. The average molecular weight is 470 g/mol. The summed E-state index contributed by atoms with van der Waals surface area (Å²) < 4.78 is 47.7. The molecule has 0 saturated carbocycles. The number of nitrogens with zero attached hydrogens (tertiary/aromatic N) is 3. The summed E-state index contributed by atoms with van der Waals surface area (Å²) in [5.41, 5.74) is 5.59. The molecule has 0 aliphatic carbocycles. The van der Waals surface area contributed by atoms with Crippen molar-refractivity contribution in [2.45, 2.75) is 19.8 Å². The number of pyridine rings is 1. The molecule has 0 amide bonds. The fraction of sp³-hybridized carbons (Fsp3) is 0.320. The standard InChI is InChI=1S/C25H25F3N4O2/c1-2-32-22-5-3-17(18-7-8-29-24(14-18)31-9-11-33-12-10-31)13-19(22)16-30-21-15-20(4-6-23(21)32)34-25(26,27)28/h3-8,13-15,30H,2,9-12,16H2,1H3. The number of hydrogen-bond acceptors (Lipinski definition) is 6. The summed E-state index contributed by atoms with van der Waals surface area (Å²) in [6, 6.07) is 14.8. The fourth-order valence-electron chi connectivity index (χ4n) is 4.48. The highest BCUT2D eigenvalue weighted by atomic mass is 19.4. The maximum Gasteiger partial charge on any atom is 0.573 e. The van der Waals surface area contributed by atoms with Crippen LogP contribution in [0.5, 0.6) is 5.75 Å². The van der Waals surface area contributed by atoms with Crippen LogP contribution in [0.1, 0.15) is 12.5 Å². The summed E-state index contributed by atoms with van der Waals surface area (Å²) in [7, 11) is 0. The zero-order chi connectivity index (χ0) is 23.7. The van der Waals surface area contributed by atoms with E-state index in [1.54, 1.807) is 6.07 Å². The third-order valence-electron chi connectivity index (χ3n) is 6.06. The van der Waals surface area contributed by atoms with Crippen molar-refractivity contribution in [3.05, 3.63) is 60.3 Å². The third kappa shape index (κ3) is 4.61. The van der Waals surface area contributed by atoms with Crippen LogP contribution < -0.4 is 19.9 Å². The van der Waals surface area contributed by atoms with Gasteiger partial charge in [-0.3, -0.25) is 0 Å². The smallest absolute Gasteiger partial charge is 0.406 e. The number of morpholine rings is 1. The van der Waals surface area contributed by atoms with E-state index in [9.17, 15) is 13.2 Å². The van der Waals surface area contributed by atoms with Crippen molar-refractivity contribution in [3.8, 4) is 16.9 Å². The van der Waals surface area contributed by atoms with E-state index < -0.39 is 6.36 Å². The second-order valence-electron chi connectivity index (χ2n) is 8.17. The van der Waals surface area contributed by atoms with Gasteiger partial charge in [0, 0.05) is 44.1 Å². The Kier molecular flexibility index (Phi) is 5.95. The minimum atomic E-state index is -4.73. The molecule has 34 heavy (non-hydrogen) atoms. The summed E-state index contributed by atoms with van der Waals surface area (Å²) in [6.45, 7) is 6.17. The van der Waals surface area contributed by atoms with Crippen LogP contribution in [0.4, 0.5) is 36.1 Å². The van der Waals surface area contributed by atoms with Crippen LogP contribution in [0.25, 0.3) is 11.1 Å². The first-order chi connectivity index (χ1) is 16.4. The second-order valence-corrected chi connectivity index (χ2v) is 8.17. The maximum absolute atomic E-state index is 12.7. The van der Waals surface area contributed by atoms with Crippen LogP contribution in [0, 0.1) is 0 Å². The third-order valence-corrected chi connectivity index (χ3v) is 6.06. The van der Waals surface area contributed by atoms with Crippen LogP contribution in [-0.2, 0) is 11.3 Å². The van der Waals surface area contributed by atoms with Gasteiger partial charge >= 0.3 is 6.36 Å². The van der Waals surface area contributed by atoms with Crippen molar-refractivity contribution in [2.24, 2.45) is 0 Å². The van der Waals surface area contributed by atoms with Crippen LogP contribution in [0.15, 0.2) is 54.7 Å². The molecule has 6 nitrogen and oxygen atoms in total. The minimum Gasteiger partial charge on any atom is -0.406 e. The number of nitrogens with one attached hydrogen (secondary N) is 1. The first-order valence-corrected chi connectivity index (χ1v) is 11.2. The number of anilines is 4. The quantitative estimate of drug-likeness (QED) is 0.538. The lowest BCUT2D eigenvalue weighted by Gasteiger charge is -2.28. The lowest BCUT2D eigenvalue weighted by Crippen LogP contribution is -2.36. The van der Waals surface area contributed by atoms with E-state index in [0.717, 1.165) is 47.0 Å². The summed E-state index contributed by atoms with van der Waals surface area (Å²) >= 11 is 0. The highest BCUT2D eigenvalue weighted by molar-refractivity contribution is 5.83. The molecular formula is C25H25F3N4O2. The number of ether oxygens (including phenoxy) is 2. The Morgan fingerprint density at radius 2 is 1.76 bits per heavy atom. The largest absolute Gasteiger partial charge is 0.573 e. The molecule has 1 saturated heterocycles. The molecule has 0 radical (unpaired) electrons. The number of fused-ring (bicyclic) bond motifs is 2. The predicted molar refractivity (Wildman–Crippen MR) is 126 cm³/mol. The zero-order valence-electron chi connectivity index (χ0n) is 18.7. The molecule has 5 rings (SSSR count). The molecule has 0 bridgehead atoms. The van der Waals surface area contributed by atoms with E-state index in [-0.39, 0.29) is 5.75 Å². The Hall–Kier alpha value is -3.46. The maximum atomic E-state index is 12.7. The summed E-state index contributed by atoms with van der Waals surface area (Å²) in [5.74, 6) is 0.683. The molecule has 3 aromatic rings. The van der Waals surface area contributed by atoms with Gasteiger partial charge in [-0.1, -0.05) is 6.07 Å². The average Bonchev–Trinajstić information content (AvgIpc) is 2.99. The van der Waals surface area contributed by atoms with Gasteiger partial charge in [0.1, 0.15) is 11.6 Å². The van der Waals surface area contributed by atoms with Gasteiger partial charge in [-0.2, -0.15) is 0 Å². The highest BCUT2D eigenvalue weighted by Crippen LogP contribution is 2.41. The van der Waals surface area contributed by atoms with Gasteiger partial charge in [-0.05, 0) is 60.0 Å². The van der Waals surface area contributed by atoms with E-state index in [1.807, 2.05) is 19.2 Å². The highest BCUT2D eigenvalue weighted by Gasteiger charge is 2.31. The monoisotopic (exact) mass is 470 g/mol. The van der Waals surface area contributed by atoms with Crippen molar-refractivity contribution in [2.75, 3.05) is 48.0 Å². The molecule has 2 aromatic carbocycles. The Labute approximate surface area is 195 Å².